The summed E-state index contributed by atoms with van der Waals surface area (Å²) in [7, 11) is 0. The van der Waals surface area contributed by atoms with Crippen LogP contribution in [0.1, 0.15) is 57.7 Å². The Morgan fingerprint density at radius 1 is 1.03 bits per heavy atom. The highest BCUT2D eigenvalue weighted by molar-refractivity contribution is 6.09. The van der Waals surface area contributed by atoms with Crippen molar-refractivity contribution < 1.29 is 24.3 Å². The number of nitrogens with one attached hydrogen (secondary N) is 1. The first-order chi connectivity index (χ1) is 16.9. The number of nitrogens with zero attached hydrogens (tertiary/aromatic N) is 2. The molecule has 1 aliphatic rings. The van der Waals surface area contributed by atoms with Crippen molar-refractivity contribution in [3.63, 3.8) is 0 Å². The monoisotopic (exact) mass is 494 g/mol. The molecule has 192 valence electrons. The lowest BCUT2D eigenvalue weighted by Gasteiger charge is -2.29. The third-order valence-corrected chi connectivity index (χ3v) is 6.38. The van der Waals surface area contributed by atoms with Crippen LogP contribution in [0.2, 0.25) is 0 Å². The van der Waals surface area contributed by atoms with Crippen LogP contribution in [-0.2, 0) is 20.9 Å². The summed E-state index contributed by atoms with van der Waals surface area (Å²) >= 11 is 0. The lowest BCUT2D eigenvalue weighted by atomic mass is 9.98. The number of nitrogen functional groups attached to an aromatic ring is 1. The molecule has 0 radical (unpaired) electrons. The molecule has 0 saturated carbocycles. The zero-order chi connectivity index (χ0) is 26.6. The third-order valence-electron chi connectivity index (χ3n) is 6.38. The molecule has 0 aliphatic carbocycles. The highest BCUT2D eigenvalue weighted by atomic mass is 16.4. The molecule has 36 heavy (non-hydrogen) atoms. The maximum absolute atomic E-state index is 13.6. The topological polar surface area (TPSA) is 133 Å². The van der Waals surface area contributed by atoms with E-state index in [-0.39, 0.29) is 25.3 Å². The second kappa shape index (κ2) is 10.8. The molecule has 4 amide bonds. The van der Waals surface area contributed by atoms with Crippen LogP contribution in [-0.4, -0.2) is 50.3 Å². The minimum atomic E-state index is -1.17. The predicted octanol–water partition coefficient (Wildman–Crippen LogP) is 3.56. The highest BCUT2D eigenvalue weighted by Gasteiger charge is 2.54. The summed E-state index contributed by atoms with van der Waals surface area (Å²) in [6.45, 7) is 7.29. The van der Waals surface area contributed by atoms with Gasteiger partial charge in [-0.1, -0.05) is 56.3 Å². The van der Waals surface area contributed by atoms with Gasteiger partial charge in [0.05, 0.1) is 12.5 Å². The number of urea groups is 1. The maximum atomic E-state index is 13.6. The van der Waals surface area contributed by atoms with Crippen molar-refractivity contribution in [3.8, 4) is 0 Å². The molecular weight excluding hydrogens is 460 g/mol. The zero-order valence-electron chi connectivity index (χ0n) is 21.1. The molecule has 9 heteroatoms. The fourth-order valence-electron chi connectivity index (χ4n) is 4.37. The van der Waals surface area contributed by atoms with Gasteiger partial charge >= 0.3 is 12.0 Å². The van der Waals surface area contributed by atoms with Crippen LogP contribution >= 0.6 is 0 Å². The molecule has 1 fully saturated rings. The van der Waals surface area contributed by atoms with Crippen molar-refractivity contribution in [3.05, 3.63) is 65.7 Å². The molecule has 2 atom stereocenters. The summed E-state index contributed by atoms with van der Waals surface area (Å²) in [5, 5.41) is 12.2. The van der Waals surface area contributed by atoms with Gasteiger partial charge in [-0.2, -0.15) is 0 Å². The number of hydrogen-bond donors (Lipinski definition) is 3. The van der Waals surface area contributed by atoms with Gasteiger partial charge in [0.15, 0.2) is 0 Å². The number of carbonyl (C=O) groups excluding carboxylic acids is 3. The average Bonchev–Trinajstić information content (AvgIpc) is 2.98. The first-order valence-electron chi connectivity index (χ1n) is 12.0. The van der Waals surface area contributed by atoms with Crippen molar-refractivity contribution in [2.75, 3.05) is 5.73 Å². The van der Waals surface area contributed by atoms with Gasteiger partial charge in [0, 0.05) is 12.2 Å². The summed E-state index contributed by atoms with van der Waals surface area (Å²) < 4.78 is 0. The van der Waals surface area contributed by atoms with Gasteiger partial charge in [-0.3, -0.25) is 14.4 Å². The Hall–Kier alpha value is -3.88. The standard InChI is InChI=1S/C27H34N4O5/c1-17(2)14-22(24(34)29-21(15-23(32)33)19-8-6-5-7-9-19)31-25(35)27(3,4)30(26(31)36)16-18-10-12-20(28)13-11-18/h5-13,17,21-22H,14-16,28H2,1-4H3,(H,29,34)(H,32,33). The van der Waals surface area contributed by atoms with E-state index in [0.29, 0.717) is 11.3 Å². The van der Waals surface area contributed by atoms with Crippen molar-refractivity contribution >= 4 is 29.5 Å². The summed E-state index contributed by atoms with van der Waals surface area (Å²) in [5.74, 6) is -2.12. The molecule has 0 bridgehead atoms. The fraction of sp³-hybridized carbons (Fsp3) is 0.407. The molecule has 0 aromatic heterocycles. The van der Waals surface area contributed by atoms with Crippen molar-refractivity contribution in [1.29, 1.82) is 0 Å². The highest BCUT2D eigenvalue weighted by Crippen LogP contribution is 2.33. The lowest BCUT2D eigenvalue weighted by Crippen LogP contribution is -2.52. The molecule has 1 heterocycles. The molecule has 2 aromatic carbocycles. The smallest absolute Gasteiger partial charge is 0.328 e. The molecule has 4 N–H and O–H groups in total. The number of amides is 4. The quantitative estimate of drug-likeness (QED) is 0.342. The molecule has 1 aliphatic heterocycles. The van der Waals surface area contributed by atoms with E-state index in [4.69, 9.17) is 5.73 Å². The van der Waals surface area contributed by atoms with E-state index in [2.05, 4.69) is 5.32 Å². The summed E-state index contributed by atoms with van der Waals surface area (Å²) in [4.78, 5) is 54.7. The van der Waals surface area contributed by atoms with E-state index in [1.807, 2.05) is 13.8 Å². The Balaban J connectivity index is 1.91. The average molecular weight is 495 g/mol. The van der Waals surface area contributed by atoms with E-state index in [9.17, 15) is 24.3 Å². The molecule has 2 aromatic rings. The SMILES string of the molecule is CC(C)CC(C(=O)NC(CC(=O)O)c1ccccc1)N1C(=O)N(Cc2ccc(N)cc2)C(C)(C)C1=O. The minimum Gasteiger partial charge on any atom is -0.481 e. The van der Waals surface area contributed by atoms with Crippen LogP contribution in [0.4, 0.5) is 10.5 Å². The minimum absolute atomic E-state index is 0.00902. The van der Waals surface area contributed by atoms with Gasteiger partial charge in [-0.15, -0.1) is 0 Å². The predicted molar refractivity (Wildman–Crippen MR) is 136 cm³/mol. The van der Waals surface area contributed by atoms with Crippen molar-refractivity contribution in [2.45, 2.75) is 64.7 Å². The lowest BCUT2D eigenvalue weighted by molar-refractivity contribution is -0.140. The molecular formula is C27H34N4O5. The largest absolute Gasteiger partial charge is 0.481 e. The van der Waals surface area contributed by atoms with Crippen molar-refractivity contribution in [1.82, 2.24) is 15.1 Å². The van der Waals surface area contributed by atoms with Crippen LogP contribution in [0, 0.1) is 5.92 Å². The second-order valence-corrected chi connectivity index (χ2v) is 10.1. The van der Waals surface area contributed by atoms with Crippen molar-refractivity contribution in [2.24, 2.45) is 5.92 Å². The first-order valence-corrected chi connectivity index (χ1v) is 12.0. The number of carboxylic acids is 1. The second-order valence-electron chi connectivity index (χ2n) is 10.1. The molecule has 2 unspecified atom stereocenters. The van der Waals surface area contributed by atoms with Crippen LogP contribution in [0.3, 0.4) is 0 Å². The van der Waals surface area contributed by atoms with Gasteiger partial charge in [0.2, 0.25) is 5.91 Å². The Morgan fingerprint density at radius 3 is 2.19 bits per heavy atom. The van der Waals surface area contributed by atoms with Gasteiger partial charge in [0.1, 0.15) is 11.6 Å². The van der Waals surface area contributed by atoms with Gasteiger partial charge in [-0.25, -0.2) is 9.69 Å². The first kappa shape index (κ1) is 26.7. The van der Waals surface area contributed by atoms with E-state index in [1.165, 1.54) is 4.90 Å². The molecule has 0 spiro atoms. The van der Waals surface area contributed by atoms with Gasteiger partial charge in [0.25, 0.3) is 5.91 Å². The molecule has 9 nitrogen and oxygen atoms in total. The number of nitrogens with two attached hydrogens (primary N) is 1. The summed E-state index contributed by atoms with van der Waals surface area (Å²) in [5.41, 5.74) is 6.61. The normalized spacial score (nSPS) is 16.8. The zero-order valence-corrected chi connectivity index (χ0v) is 21.1. The summed E-state index contributed by atoms with van der Waals surface area (Å²) in [6, 6.07) is 13.4. The van der Waals surface area contributed by atoms with E-state index >= 15 is 0 Å². The number of benzene rings is 2. The van der Waals surface area contributed by atoms with Crippen LogP contribution < -0.4 is 11.1 Å². The van der Waals surface area contributed by atoms with E-state index in [0.717, 1.165) is 10.5 Å². The number of imide groups is 1. The van der Waals surface area contributed by atoms with Crippen LogP contribution in [0.15, 0.2) is 54.6 Å². The molecule has 3 rings (SSSR count). The Kier molecular flexibility index (Phi) is 8.02. The van der Waals surface area contributed by atoms with Gasteiger partial charge in [-0.05, 0) is 49.4 Å². The van der Waals surface area contributed by atoms with Gasteiger partial charge < -0.3 is 21.1 Å². The summed E-state index contributed by atoms with van der Waals surface area (Å²) in [6.07, 6.45) is -0.0928. The van der Waals surface area contributed by atoms with Crippen LogP contribution in [0.5, 0.6) is 0 Å². The third kappa shape index (κ3) is 5.84. The fourth-order valence-corrected chi connectivity index (χ4v) is 4.37. The Labute approximate surface area is 211 Å². The molecule has 1 saturated heterocycles. The van der Waals surface area contributed by atoms with Crippen LogP contribution in [0.25, 0.3) is 0 Å². The van der Waals surface area contributed by atoms with E-state index in [1.54, 1.807) is 68.4 Å². The number of hydrogen-bond acceptors (Lipinski definition) is 5. The number of rotatable bonds is 10. The number of carboxylic acid groups (broad SMARTS) is 1. The number of anilines is 1. The van der Waals surface area contributed by atoms with E-state index < -0.39 is 41.4 Å². The maximum Gasteiger partial charge on any atom is 0.328 e. The Bertz CT molecular complexity index is 1110. The number of carbonyl (C=O) groups is 4. The Morgan fingerprint density at radius 2 is 1.64 bits per heavy atom. The number of aliphatic carboxylic acids is 1.